The molecule has 2 aromatic heterocycles. The Hall–Kier alpha value is -2.56. The van der Waals surface area contributed by atoms with E-state index in [-0.39, 0.29) is 0 Å². The Morgan fingerprint density at radius 2 is 2.06 bits per heavy atom. The zero-order chi connectivity index (χ0) is 12.5. The molecule has 1 aromatic carbocycles. The molecule has 0 aliphatic heterocycles. The molecule has 3 rings (SSSR count). The van der Waals surface area contributed by atoms with Crippen molar-refractivity contribution in [2.24, 2.45) is 0 Å². The van der Waals surface area contributed by atoms with Gasteiger partial charge in [0.05, 0.1) is 11.4 Å². The summed E-state index contributed by atoms with van der Waals surface area (Å²) >= 11 is 0. The summed E-state index contributed by atoms with van der Waals surface area (Å²) in [7, 11) is 0. The van der Waals surface area contributed by atoms with E-state index in [1.54, 1.807) is 12.1 Å². The maximum absolute atomic E-state index is 11.4. The molecule has 5 heteroatoms. The lowest BCUT2D eigenvalue weighted by Gasteiger charge is -2.04. The van der Waals surface area contributed by atoms with Crippen LogP contribution < -0.4 is 10.9 Å². The second-order valence-corrected chi connectivity index (χ2v) is 3.93. The molecule has 90 valence electrons. The van der Waals surface area contributed by atoms with Gasteiger partial charge in [0.2, 0.25) is 5.88 Å². The highest BCUT2D eigenvalue weighted by Crippen LogP contribution is 2.24. The van der Waals surface area contributed by atoms with Crippen molar-refractivity contribution in [3.63, 3.8) is 0 Å². The number of nitrogens with one attached hydrogen (secondary N) is 1. The first-order chi connectivity index (χ1) is 8.72. The Morgan fingerprint density at radius 3 is 2.83 bits per heavy atom. The largest absolute Gasteiger partial charge is 0.423 e. The van der Waals surface area contributed by atoms with Crippen LogP contribution >= 0.6 is 0 Å². The molecule has 3 aromatic rings. The van der Waals surface area contributed by atoms with Crippen molar-refractivity contribution >= 4 is 22.5 Å². The Kier molecular flexibility index (Phi) is 2.37. The average Bonchev–Trinajstić information content (AvgIpc) is 2.74. The van der Waals surface area contributed by atoms with Gasteiger partial charge < -0.3 is 14.3 Å². The number of anilines is 2. The van der Waals surface area contributed by atoms with E-state index in [1.807, 2.05) is 25.1 Å². The lowest BCUT2D eigenvalue weighted by atomic mass is 10.2. The Labute approximate surface area is 102 Å². The first-order valence-corrected chi connectivity index (χ1v) is 5.45. The molecular weight excluding hydrogens is 232 g/mol. The molecule has 0 saturated carbocycles. The summed E-state index contributed by atoms with van der Waals surface area (Å²) in [5.74, 6) is 0.489. The SMILES string of the molecule is Cc1cc(Nc2cc(=O)oc3ccccc23)on1. The van der Waals surface area contributed by atoms with Gasteiger partial charge in [0, 0.05) is 17.5 Å². The van der Waals surface area contributed by atoms with Crippen LogP contribution in [0.5, 0.6) is 0 Å². The minimum atomic E-state index is -0.410. The quantitative estimate of drug-likeness (QED) is 0.700. The van der Waals surface area contributed by atoms with Crippen molar-refractivity contribution in [2.75, 3.05) is 5.32 Å². The van der Waals surface area contributed by atoms with Gasteiger partial charge in [-0.3, -0.25) is 0 Å². The van der Waals surface area contributed by atoms with Gasteiger partial charge >= 0.3 is 5.63 Å². The summed E-state index contributed by atoms with van der Waals surface area (Å²) in [6.07, 6.45) is 0. The monoisotopic (exact) mass is 242 g/mol. The minimum absolute atomic E-state index is 0.410. The number of para-hydroxylation sites is 1. The second-order valence-electron chi connectivity index (χ2n) is 3.93. The number of benzene rings is 1. The number of nitrogens with zero attached hydrogens (tertiary/aromatic N) is 1. The molecule has 5 nitrogen and oxygen atoms in total. The van der Waals surface area contributed by atoms with Crippen LogP contribution in [0.1, 0.15) is 5.69 Å². The highest BCUT2D eigenvalue weighted by atomic mass is 16.5. The van der Waals surface area contributed by atoms with Gasteiger partial charge in [-0.05, 0) is 19.1 Å². The summed E-state index contributed by atoms with van der Waals surface area (Å²) < 4.78 is 10.2. The van der Waals surface area contributed by atoms with Crippen molar-refractivity contribution in [1.29, 1.82) is 0 Å². The van der Waals surface area contributed by atoms with E-state index in [4.69, 9.17) is 8.94 Å². The van der Waals surface area contributed by atoms with Crippen molar-refractivity contribution in [3.8, 4) is 0 Å². The first-order valence-electron chi connectivity index (χ1n) is 5.45. The lowest BCUT2D eigenvalue weighted by molar-refractivity contribution is 0.430. The lowest BCUT2D eigenvalue weighted by Crippen LogP contribution is -2.00. The molecule has 1 N–H and O–H groups in total. The standard InChI is InChI=1S/C13H10N2O3/c1-8-6-12(18-15-8)14-10-7-13(16)17-11-5-3-2-4-9(10)11/h2-7,14H,1H3. The minimum Gasteiger partial charge on any atom is -0.423 e. The van der Waals surface area contributed by atoms with Gasteiger partial charge in [0.15, 0.2) is 0 Å². The molecule has 2 heterocycles. The number of aryl methyl sites for hydroxylation is 1. The maximum Gasteiger partial charge on any atom is 0.338 e. The van der Waals surface area contributed by atoms with Crippen molar-refractivity contribution in [2.45, 2.75) is 6.92 Å². The highest BCUT2D eigenvalue weighted by molar-refractivity contribution is 5.90. The second kappa shape index (κ2) is 4.03. The Balaban J connectivity index is 2.13. The molecule has 0 radical (unpaired) electrons. The molecule has 0 fully saturated rings. The molecule has 0 aliphatic rings. The van der Waals surface area contributed by atoms with E-state index >= 15 is 0 Å². The molecular formula is C13H10N2O3. The van der Waals surface area contributed by atoms with Crippen LogP contribution in [0, 0.1) is 6.92 Å². The Bertz CT molecular complexity index is 758. The van der Waals surface area contributed by atoms with E-state index < -0.39 is 5.63 Å². The van der Waals surface area contributed by atoms with Crippen LogP contribution in [0.25, 0.3) is 11.0 Å². The topological polar surface area (TPSA) is 68.3 Å². The number of fused-ring (bicyclic) bond motifs is 1. The molecule has 0 spiro atoms. The third kappa shape index (κ3) is 1.86. The van der Waals surface area contributed by atoms with Gasteiger partial charge in [0.1, 0.15) is 5.58 Å². The van der Waals surface area contributed by atoms with Crippen LogP contribution in [0.15, 0.2) is 50.1 Å². The van der Waals surface area contributed by atoms with E-state index in [0.717, 1.165) is 11.1 Å². The van der Waals surface area contributed by atoms with Crippen molar-refractivity contribution in [3.05, 3.63) is 52.5 Å². The zero-order valence-corrected chi connectivity index (χ0v) is 9.64. The van der Waals surface area contributed by atoms with Gasteiger partial charge in [-0.2, -0.15) is 0 Å². The highest BCUT2D eigenvalue weighted by Gasteiger charge is 2.07. The number of aromatic nitrogens is 1. The third-order valence-corrected chi connectivity index (χ3v) is 2.54. The predicted molar refractivity (Wildman–Crippen MR) is 67.0 cm³/mol. The third-order valence-electron chi connectivity index (χ3n) is 2.54. The molecule has 0 saturated heterocycles. The summed E-state index contributed by atoms with van der Waals surface area (Å²) in [4.78, 5) is 11.4. The van der Waals surface area contributed by atoms with Crippen LogP contribution in [-0.2, 0) is 0 Å². The van der Waals surface area contributed by atoms with Crippen LogP contribution in [0.2, 0.25) is 0 Å². The van der Waals surface area contributed by atoms with E-state index in [2.05, 4.69) is 10.5 Å². The fraction of sp³-hybridized carbons (Fsp3) is 0.0769. The molecule has 0 aliphatic carbocycles. The van der Waals surface area contributed by atoms with Crippen LogP contribution in [0.3, 0.4) is 0 Å². The Morgan fingerprint density at radius 1 is 1.22 bits per heavy atom. The molecule has 0 amide bonds. The van der Waals surface area contributed by atoms with Crippen molar-refractivity contribution < 1.29 is 8.94 Å². The summed E-state index contributed by atoms with van der Waals surface area (Å²) in [6.45, 7) is 1.83. The number of hydrogen-bond donors (Lipinski definition) is 1. The van der Waals surface area contributed by atoms with Gasteiger partial charge in [0.25, 0.3) is 0 Å². The summed E-state index contributed by atoms with van der Waals surface area (Å²) in [5.41, 5.74) is 1.53. The van der Waals surface area contributed by atoms with E-state index in [9.17, 15) is 4.79 Å². The molecule has 18 heavy (non-hydrogen) atoms. The molecule has 0 atom stereocenters. The average molecular weight is 242 g/mol. The predicted octanol–water partition coefficient (Wildman–Crippen LogP) is 2.83. The fourth-order valence-corrected chi connectivity index (χ4v) is 1.77. The summed E-state index contributed by atoms with van der Waals surface area (Å²) in [6, 6.07) is 10.4. The summed E-state index contributed by atoms with van der Waals surface area (Å²) in [5, 5.41) is 7.61. The molecule has 0 unspecified atom stereocenters. The number of hydrogen-bond acceptors (Lipinski definition) is 5. The number of rotatable bonds is 2. The maximum atomic E-state index is 11.4. The van der Waals surface area contributed by atoms with Gasteiger partial charge in [-0.1, -0.05) is 17.3 Å². The van der Waals surface area contributed by atoms with Crippen molar-refractivity contribution in [1.82, 2.24) is 5.16 Å². The fourth-order valence-electron chi connectivity index (χ4n) is 1.77. The van der Waals surface area contributed by atoms with Gasteiger partial charge in [-0.25, -0.2) is 4.79 Å². The zero-order valence-electron chi connectivity index (χ0n) is 9.64. The normalized spacial score (nSPS) is 10.7. The van der Waals surface area contributed by atoms with Gasteiger partial charge in [-0.15, -0.1) is 0 Å². The van der Waals surface area contributed by atoms with E-state index in [1.165, 1.54) is 6.07 Å². The van der Waals surface area contributed by atoms with Crippen LogP contribution in [-0.4, -0.2) is 5.16 Å². The first kappa shape index (κ1) is 10.6. The van der Waals surface area contributed by atoms with E-state index in [0.29, 0.717) is 17.2 Å². The van der Waals surface area contributed by atoms with Crippen LogP contribution in [0.4, 0.5) is 11.6 Å². The smallest absolute Gasteiger partial charge is 0.338 e. The molecule has 0 bridgehead atoms.